The fraction of sp³-hybridized carbons (Fsp3) is 0.175. The number of ether oxygens (including phenoxy) is 4. The Morgan fingerprint density at radius 2 is 0.882 bits per heavy atom. The van der Waals surface area contributed by atoms with Crippen molar-refractivity contribution in [3.8, 4) is 23.0 Å². The first-order valence-corrected chi connectivity index (χ1v) is 15.7. The summed E-state index contributed by atoms with van der Waals surface area (Å²) < 4.78 is 22.1. The summed E-state index contributed by atoms with van der Waals surface area (Å²) in [5, 5.41) is 18.2. The Morgan fingerprint density at radius 1 is 0.549 bits per heavy atom. The number of carbonyl (C=O) groups is 5. The largest absolute Gasteiger partial charge is 0.508 e. The Kier molecular flexibility index (Phi) is 13.9. The minimum atomic E-state index is -1.71. The second-order valence-electron chi connectivity index (χ2n) is 11.0. The standard InChI is InChI=1S/C26H28O7.C14H10O4/c1-7-30-26(31-8-2,20-11-15-22(16-12-20)33-25(29)18(5)6)23(27)19-9-13-21(14-10-19)32-24(28)17(3)4;15-11-5-1-9(2-6-11)13(17)14(18)10-3-7-12(16)8-4-10/h9-16H,3,5,7-8H2,1-2,4,6H3;1-8,15-16H. The topological polar surface area (TPSA) is 163 Å². The molecule has 4 aromatic carbocycles. The van der Waals surface area contributed by atoms with Crippen LogP contribution in [0, 0.1) is 0 Å². The van der Waals surface area contributed by atoms with Gasteiger partial charge in [-0.25, -0.2) is 9.59 Å². The van der Waals surface area contributed by atoms with Gasteiger partial charge >= 0.3 is 11.9 Å². The molecule has 0 aliphatic carbocycles. The third kappa shape index (κ3) is 10.4. The quantitative estimate of drug-likeness (QED) is 0.0352. The van der Waals surface area contributed by atoms with Crippen LogP contribution in [-0.2, 0) is 24.8 Å². The fourth-order valence-corrected chi connectivity index (χ4v) is 4.36. The van der Waals surface area contributed by atoms with Gasteiger partial charge in [-0.3, -0.25) is 14.4 Å². The third-order valence-electron chi connectivity index (χ3n) is 6.93. The van der Waals surface area contributed by atoms with Gasteiger partial charge in [-0.05, 0) is 125 Å². The number of esters is 2. The molecule has 4 aromatic rings. The molecule has 4 rings (SSSR count). The molecule has 0 bridgehead atoms. The van der Waals surface area contributed by atoms with Gasteiger partial charge in [0.25, 0.3) is 5.79 Å². The van der Waals surface area contributed by atoms with E-state index in [1.807, 2.05) is 0 Å². The second kappa shape index (κ2) is 18.0. The van der Waals surface area contributed by atoms with E-state index < -0.39 is 35.1 Å². The predicted octanol–water partition coefficient (Wildman–Crippen LogP) is 6.92. The van der Waals surface area contributed by atoms with E-state index >= 15 is 0 Å². The molecule has 11 nitrogen and oxygen atoms in total. The van der Waals surface area contributed by atoms with E-state index in [0.29, 0.717) is 16.9 Å². The number of hydrogen-bond donors (Lipinski definition) is 2. The van der Waals surface area contributed by atoms with Crippen LogP contribution >= 0.6 is 0 Å². The minimum Gasteiger partial charge on any atom is -0.508 e. The maximum absolute atomic E-state index is 13.6. The number of phenols is 2. The highest BCUT2D eigenvalue weighted by atomic mass is 16.7. The zero-order valence-electron chi connectivity index (χ0n) is 28.6. The number of Topliss-reactive ketones (excluding diaryl/α,β-unsaturated/α-hetero) is 3. The summed E-state index contributed by atoms with van der Waals surface area (Å²) in [7, 11) is 0. The van der Waals surface area contributed by atoms with Crippen molar-refractivity contribution in [3.05, 3.63) is 144 Å². The van der Waals surface area contributed by atoms with Gasteiger partial charge < -0.3 is 29.2 Å². The van der Waals surface area contributed by atoms with Gasteiger partial charge in [-0.1, -0.05) is 13.2 Å². The Labute approximate surface area is 295 Å². The van der Waals surface area contributed by atoms with Gasteiger partial charge in [0.15, 0.2) is 0 Å². The Balaban J connectivity index is 0.000000327. The number of aromatic hydroxyl groups is 2. The van der Waals surface area contributed by atoms with Crippen LogP contribution in [-0.4, -0.2) is 52.7 Å². The van der Waals surface area contributed by atoms with Crippen molar-refractivity contribution in [1.82, 2.24) is 0 Å². The van der Waals surface area contributed by atoms with Crippen molar-refractivity contribution in [1.29, 1.82) is 0 Å². The number of phenolic OH excluding ortho intramolecular Hbond substituents is 2. The van der Waals surface area contributed by atoms with Crippen LogP contribution < -0.4 is 9.47 Å². The molecule has 0 unspecified atom stereocenters. The number of ketones is 3. The average Bonchev–Trinajstić information content (AvgIpc) is 3.12. The molecule has 0 aliphatic rings. The summed E-state index contributed by atoms with van der Waals surface area (Å²) >= 11 is 0. The van der Waals surface area contributed by atoms with Crippen molar-refractivity contribution >= 4 is 29.3 Å². The van der Waals surface area contributed by atoms with Gasteiger partial charge in [0, 0.05) is 46.6 Å². The van der Waals surface area contributed by atoms with Gasteiger partial charge in [0.2, 0.25) is 17.3 Å². The Bertz CT molecular complexity index is 1830. The average molecular weight is 695 g/mol. The molecule has 0 spiro atoms. The van der Waals surface area contributed by atoms with Crippen LogP contribution in [0.15, 0.2) is 121 Å². The SMILES string of the molecule is C=C(C)C(=O)Oc1ccc(C(=O)C(OCC)(OCC)c2ccc(OC(=O)C(=C)C)cc2)cc1.O=C(C(=O)c1ccc(O)cc1)c1ccc(O)cc1. The molecule has 0 radical (unpaired) electrons. The first kappa shape index (κ1) is 39.3. The second-order valence-corrected chi connectivity index (χ2v) is 11.0. The normalized spacial score (nSPS) is 10.6. The molecular formula is C40H38O11. The number of hydrogen-bond acceptors (Lipinski definition) is 11. The summed E-state index contributed by atoms with van der Waals surface area (Å²) in [5.74, 6) is -3.92. The molecule has 0 atom stereocenters. The van der Waals surface area contributed by atoms with Gasteiger partial charge in [-0.2, -0.15) is 0 Å². The number of benzene rings is 4. The molecular weight excluding hydrogens is 656 g/mol. The molecule has 264 valence electrons. The smallest absolute Gasteiger partial charge is 0.338 e. The fourth-order valence-electron chi connectivity index (χ4n) is 4.36. The summed E-state index contributed by atoms with van der Waals surface area (Å²) in [6.07, 6.45) is 0. The van der Waals surface area contributed by atoms with Crippen LogP contribution in [0.25, 0.3) is 0 Å². The summed E-state index contributed by atoms with van der Waals surface area (Å²) in [5.41, 5.74) is 1.69. The molecule has 0 heterocycles. The highest BCUT2D eigenvalue weighted by molar-refractivity contribution is 6.49. The molecule has 51 heavy (non-hydrogen) atoms. The first-order valence-electron chi connectivity index (χ1n) is 15.7. The lowest BCUT2D eigenvalue weighted by atomic mass is 9.95. The highest BCUT2D eigenvalue weighted by Crippen LogP contribution is 2.34. The predicted molar refractivity (Wildman–Crippen MR) is 188 cm³/mol. The zero-order chi connectivity index (χ0) is 37.7. The molecule has 0 fully saturated rings. The first-order chi connectivity index (χ1) is 24.2. The Morgan fingerprint density at radius 3 is 1.22 bits per heavy atom. The van der Waals surface area contributed by atoms with Crippen LogP contribution in [0.4, 0.5) is 0 Å². The van der Waals surface area contributed by atoms with E-state index in [-0.39, 0.29) is 52.7 Å². The van der Waals surface area contributed by atoms with E-state index in [1.54, 1.807) is 52.0 Å². The van der Waals surface area contributed by atoms with E-state index in [0.717, 1.165) is 0 Å². The van der Waals surface area contributed by atoms with Crippen molar-refractivity contribution < 1.29 is 53.1 Å². The van der Waals surface area contributed by atoms with Crippen LogP contribution in [0.5, 0.6) is 23.0 Å². The van der Waals surface area contributed by atoms with Gasteiger partial charge in [-0.15, -0.1) is 0 Å². The van der Waals surface area contributed by atoms with Crippen molar-refractivity contribution in [2.75, 3.05) is 13.2 Å². The Hall–Kier alpha value is -6.17. The lowest BCUT2D eigenvalue weighted by Crippen LogP contribution is -2.42. The minimum absolute atomic E-state index is 0.0311. The summed E-state index contributed by atoms with van der Waals surface area (Å²) in [6, 6.07) is 23.3. The molecule has 0 aromatic heterocycles. The number of carbonyl (C=O) groups excluding carboxylic acids is 5. The molecule has 0 saturated carbocycles. The molecule has 2 N–H and O–H groups in total. The van der Waals surface area contributed by atoms with E-state index in [1.165, 1.54) is 72.8 Å². The summed E-state index contributed by atoms with van der Waals surface area (Å²) in [6.45, 7) is 14.1. The lowest BCUT2D eigenvalue weighted by molar-refractivity contribution is -0.204. The van der Waals surface area contributed by atoms with Gasteiger partial charge in [0.1, 0.15) is 23.0 Å². The van der Waals surface area contributed by atoms with Crippen LogP contribution in [0.3, 0.4) is 0 Å². The third-order valence-corrected chi connectivity index (χ3v) is 6.93. The van der Waals surface area contributed by atoms with E-state index in [9.17, 15) is 24.0 Å². The van der Waals surface area contributed by atoms with E-state index in [4.69, 9.17) is 29.2 Å². The zero-order valence-corrected chi connectivity index (χ0v) is 28.6. The van der Waals surface area contributed by atoms with E-state index in [2.05, 4.69) is 13.2 Å². The molecule has 11 heteroatoms. The maximum Gasteiger partial charge on any atom is 0.338 e. The lowest BCUT2D eigenvalue weighted by Gasteiger charge is -2.32. The van der Waals surface area contributed by atoms with Crippen LogP contribution in [0.2, 0.25) is 0 Å². The molecule has 0 aliphatic heterocycles. The molecule has 0 amide bonds. The maximum atomic E-state index is 13.6. The van der Waals surface area contributed by atoms with Gasteiger partial charge in [0.05, 0.1) is 0 Å². The van der Waals surface area contributed by atoms with Crippen molar-refractivity contribution in [2.24, 2.45) is 0 Å². The van der Waals surface area contributed by atoms with Crippen molar-refractivity contribution in [3.63, 3.8) is 0 Å². The molecule has 0 saturated heterocycles. The number of rotatable bonds is 14. The monoisotopic (exact) mass is 694 g/mol. The highest BCUT2D eigenvalue weighted by Gasteiger charge is 2.43. The van der Waals surface area contributed by atoms with Crippen LogP contribution in [0.1, 0.15) is 64.3 Å². The van der Waals surface area contributed by atoms with Crippen molar-refractivity contribution in [2.45, 2.75) is 33.5 Å². The summed E-state index contributed by atoms with van der Waals surface area (Å²) in [4.78, 5) is 60.7.